The highest BCUT2D eigenvalue weighted by atomic mass is 35.5. The number of fused-ring (bicyclic) bond motifs is 1. The van der Waals surface area contributed by atoms with E-state index in [0.717, 1.165) is 28.2 Å². The predicted molar refractivity (Wildman–Crippen MR) is 119 cm³/mol. The van der Waals surface area contributed by atoms with Crippen LogP contribution < -0.4 is 15.4 Å². The lowest BCUT2D eigenvalue weighted by Gasteiger charge is -2.08. The lowest BCUT2D eigenvalue weighted by molar-refractivity contribution is 0.311. The van der Waals surface area contributed by atoms with E-state index in [9.17, 15) is 0 Å². The largest absolute Gasteiger partial charge is 0.439 e. The fraction of sp³-hybridized carbons (Fsp3) is 0.182. The average Bonchev–Trinajstić information content (AvgIpc) is 3.08. The zero-order chi connectivity index (χ0) is 20.9. The molecule has 0 atom stereocenters. The number of anilines is 2. The van der Waals surface area contributed by atoms with Crippen LogP contribution >= 0.6 is 11.6 Å². The van der Waals surface area contributed by atoms with Gasteiger partial charge in [0.25, 0.3) is 0 Å². The second-order valence-electron chi connectivity index (χ2n) is 6.76. The summed E-state index contributed by atoms with van der Waals surface area (Å²) in [5.41, 5.74) is 3.98. The molecule has 7 nitrogen and oxygen atoms in total. The number of ether oxygens (including phenoxy) is 1. The van der Waals surface area contributed by atoms with Crippen LogP contribution in [0.4, 0.5) is 11.6 Å². The van der Waals surface area contributed by atoms with Crippen LogP contribution in [0.2, 0.25) is 5.02 Å². The molecule has 0 fully saturated rings. The zero-order valence-corrected chi connectivity index (χ0v) is 17.2. The Kier molecular flexibility index (Phi) is 6.02. The first-order chi connectivity index (χ1) is 14.6. The molecule has 2 aromatic heterocycles. The molecule has 4 aromatic rings. The van der Waals surface area contributed by atoms with Crippen LogP contribution in [0.1, 0.15) is 5.56 Å². The molecule has 0 aliphatic carbocycles. The third-order valence-corrected chi connectivity index (χ3v) is 4.84. The van der Waals surface area contributed by atoms with Gasteiger partial charge in [0.15, 0.2) is 0 Å². The number of halogens is 1. The first-order valence-corrected chi connectivity index (χ1v) is 9.93. The molecule has 0 saturated heterocycles. The Hall–Kier alpha value is -3.29. The molecule has 30 heavy (non-hydrogen) atoms. The number of rotatable bonds is 8. The number of benzene rings is 2. The van der Waals surface area contributed by atoms with Crippen LogP contribution in [0.25, 0.3) is 11.0 Å². The summed E-state index contributed by atoms with van der Waals surface area (Å²) in [5.74, 6) is 1.99. The highest BCUT2D eigenvalue weighted by Gasteiger charge is 2.08. The lowest BCUT2D eigenvalue weighted by Crippen LogP contribution is -2.06. The summed E-state index contributed by atoms with van der Waals surface area (Å²) in [4.78, 5) is 8.79. The first-order valence-electron chi connectivity index (χ1n) is 9.56. The summed E-state index contributed by atoms with van der Waals surface area (Å²) >= 11 is 5.84. The SMILES string of the molecule is Cn1c(NCc2ccc(Oc3ccc(Cl)cn3)cc2)nc2ccc(NCCO)cc21. The molecule has 0 aliphatic heterocycles. The second kappa shape index (κ2) is 9.02. The first kappa shape index (κ1) is 20.0. The molecule has 0 radical (unpaired) electrons. The lowest BCUT2D eigenvalue weighted by atomic mass is 10.2. The molecule has 0 bridgehead atoms. The van der Waals surface area contributed by atoms with E-state index < -0.39 is 0 Å². The van der Waals surface area contributed by atoms with Gasteiger partial charge in [-0.2, -0.15) is 0 Å². The standard InChI is InChI=1S/C22H22ClN5O2/c1-28-20-12-17(24-10-11-29)5-8-19(20)27-22(28)26-13-15-2-6-18(7-3-15)30-21-9-4-16(23)14-25-21/h2-9,12,14,24,29H,10-11,13H2,1H3,(H,26,27). The highest BCUT2D eigenvalue weighted by molar-refractivity contribution is 6.30. The van der Waals surface area contributed by atoms with Crippen LogP contribution in [0.15, 0.2) is 60.8 Å². The highest BCUT2D eigenvalue weighted by Crippen LogP contribution is 2.24. The van der Waals surface area contributed by atoms with E-state index in [0.29, 0.717) is 29.7 Å². The minimum atomic E-state index is 0.0935. The zero-order valence-electron chi connectivity index (χ0n) is 16.5. The van der Waals surface area contributed by atoms with Gasteiger partial charge in [0.2, 0.25) is 11.8 Å². The summed E-state index contributed by atoms with van der Waals surface area (Å²) in [5, 5.41) is 16.1. The van der Waals surface area contributed by atoms with E-state index in [1.165, 1.54) is 0 Å². The summed E-state index contributed by atoms with van der Waals surface area (Å²) in [6.07, 6.45) is 1.55. The molecule has 8 heteroatoms. The number of aromatic nitrogens is 3. The summed E-state index contributed by atoms with van der Waals surface area (Å²) in [7, 11) is 1.98. The Morgan fingerprint density at radius 1 is 1.07 bits per heavy atom. The molecule has 2 aromatic carbocycles. The third-order valence-electron chi connectivity index (χ3n) is 4.62. The van der Waals surface area contributed by atoms with Gasteiger partial charge in [-0.05, 0) is 42.0 Å². The monoisotopic (exact) mass is 423 g/mol. The van der Waals surface area contributed by atoms with Crippen molar-refractivity contribution < 1.29 is 9.84 Å². The molecule has 0 aliphatic rings. The maximum Gasteiger partial charge on any atom is 0.219 e. The van der Waals surface area contributed by atoms with Crippen molar-refractivity contribution in [1.29, 1.82) is 0 Å². The average molecular weight is 424 g/mol. The maximum absolute atomic E-state index is 8.97. The van der Waals surface area contributed by atoms with E-state index in [1.807, 2.05) is 54.1 Å². The number of nitrogens with zero attached hydrogens (tertiary/aromatic N) is 3. The molecule has 0 unspecified atom stereocenters. The maximum atomic E-state index is 8.97. The van der Waals surface area contributed by atoms with Crippen LogP contribution in [-0.4, -0.2) is 32.8 Å². The molecule has 3 N–H and O–H groups in total. The van der Waals surface area contributed by atoms with Gasteiger partial charge in [-0.1, -0.05) is 23.7 Å². The Balaban J connectivity index is 1.40. The van der Waals surface area contributed by atoms with Crippen LogP contribution in [0.5, 0.6) is 11.6 Å². The number of hydrogen-bond acceptors (Lipinski definition) is 6. The number of aliphatic hydroxyl groups is 1. The predicted octanol–water partition coefficient (Wildman–Crippen LogP) is 4.43. The van der Waals surface area contributed by atoms with Gasteiger partial charge in [0.05, 0.1) is 22.7 Å². The Labute approximate surface area is 179 Å². The van der Waals surface area contributed by atoms with E-state index in [1.54, 1.807) is 18.3 Å². The van der Waals surface area contributed by atoms with Gasteiger partial charge in [-0.15, -0.1) is 0 Å². The molecule has 2 heterocycles. The fourth-order valence-electron chi connectivity index (χ4n) is 3.06. The molecule has 0 saturated carbocycles. The van der Waals surface area contributed by atoms with E-state index in [-0.39, 0.29) is 6.61 Å². The molecular formula is C22H22ClN5O2. The molecule has 0 spiro atoms. The van der Waals surface area contributed by atoms with Gasteiger partial charge < -0.3 is 25.0 Å². The smallest absolute Gasteiger partial charge is 0.219 e. The van der Waals surface area contributed by atoms with Crippen molar-refractivity contribution in [1.82, 2.24) is 14.5 Å². The summed E-state index contributed by atoms with van der Waals surface area (Å²) in [6, 6.07) is 17.2. The van der Waals surface area contributed by atoms with Gasteiger partial charge in [0, 0.05) is 38.1 Å². The number of aliphatic hydroxyl groups excluding tert-OH is 1. The minimum absolute atomic E-state index is 0.0935. The number of nitrogens with one attached hydrogen (secondary N) is 2. The van der Waals surface area contributed by atoms with E-state index in [4.69, 9.17) is 21.4 Å². The summed E-state index contributed by atoms with van der Waals surface area (Å²) < 4.78 is 7.74. The Morgan fingerprint density at radius 2 is 1.90 bits per heavy atom. The second-order valence-corrected chi connectivity index (χ2v) is 7.20. The van der Waals surface area contributed by atoms with Crippen LogP contribution in [-0.2, 0) is 13.6 Å². The van der Waals surface area contributed by atoms with Gasteiger partial charge in [-0.25, -0.2) is 9.97 Å². The van der Waals surface area contributed by atoms with E-state index >= 15 is 0 Å². The van der Waals surface area contributed by atoms with Crippen LogP contribution in [0, 0.1) is 0 Å². The van der Waals surface area contributed by atoms with Crippen molar-refractivity contribution in [3.05, 3.63) is 71.4 Å². The van der Waals surface area contributed by atoms with Crippen LogP contribution in [0.3, 0.4) is 0 Å². The minimum Gasteiger partial charge on any atom is -0.439 e. The van der Waals surface area contributed by atoms with Gasteiger partial charge in [0.1, 0.15) is 5.75 Å². The topological polar surface area (TPSA) is 84.2 Å². The van der Waals surface area contributed by atoms with Crippen molar-refractivity contribution in [2.75, 3.05) is 23.8 Å². The van der Waals surface area contributed by atoms with Crippen molar-refractivity contribution in [3.8, 4) is 11.6 Å². The number of imidazole rings is 1. The molecule has 154 valence electrons. The molecular weight excluding hydrogens is 402 g/mol. The summed E-state index contributed by atoms with van der Waals surface area (Å²) in [6.45, 7) is 1.24. The van der Waals surface area contributed by atoms with Gasteiger partial charge >= 0.3 is 0 Å². The van der Waals surface area contributed by atoms with Crippen molar-refractivity contribution in [3.63, 3.8) is 0 Å². The van der Waals surface area contributed by atoms with Crippen molar-refractivity contribution in [2.45, 2.75) is 6.54 Å². The number of aryl methyl sites for hydroxylation is 1. The quantitative estimate of drug-likeness (QED) is 0.389. The van der Waals surface area contributed by atoms with Crippen molar-refractivity contribution >= 4 is 34.3 Å². The number of hydrogen-bond donors (Lipinski definition) is 3. The molecule has 0 amide bonds. The fourth-order valence-corrected chi connectivity index (χ4v) is 3.17. The van der Waals surface area contributed by atoms with E-state index in [2.05, 4.69) is 20.6 Å². The number of pyridine rings is 1. The Morgan fingerprint density at radius 3 is 2.63 bits per heavy atom. The van der Waals surface area contributed by atoms with Gasteiger partial charge in [-0.3, -0.25) is 0 Å². The third kappa shape index (κ3) is 4.64. The molecule has 4 rings (SSSR count). The normalized spacial score (nSPS) is 10.9. The Bertz CT molecular complexity index is 1130. The van der Waals surface area contributed by atoms with Crippen molar-refractivity contribution in [2.24, 2.45) is 7.05 Å².